The van der Waals surface area contributed by atoms with Gasteiger partial charge in [-0.05, 0) is 25.0 Å². The maximum absolute atomic E-state index is 12.9. The fraction of sp³-hybridized carbons (Fsp3) is 0.368. The molecule has 2 aromatic heterocycles. The molecule has 0 fully saturated rings. The number of hydrogen-bond acceptors (Lipinski definition) is 3. The summed E-state index contributed by atoms with van der Waals surface area (Å²) in [6.45, 7) is 3.95. The summed E-state index contributed by atoms with van der Waals surface area (Å²) in [5, 5.41) is 10.3. The van der Waals surface area contributed by atoms with Gasteiger partial charge in [0.15, 0.2) is 0 Å². The van der Waals surface area contributed by atoms with E-state index < -0.39 is 0 Å². The predicted octanol–water partition coefficient (Wildman–Crippen LogP) is 1.96. The molecule has 0 spiro atoms. The number of aromatic nitrogens is 3. The predicted molar refractivity (Wildman–Crippen MR) is 99.0 cm³/mol. The van der Waals surface area contributed by atoms with Crippen LogP contribution >= 0.6 is 0 Å². The summed E-state index contributed by atoms with van der Waals surface area (Å²) in [5.41, 5.74) is 2.63. The van der Waals surface area contributed by atoms with E-state index in [0.29, 0.717) is 17.3 Å². The van der Waals surface area contributed by atoms with Gasteiger partial charge in [0.05, 0.1) is 29.2 Å². The van der Waals surface area contributed by atoms with E-state index in [1.807, 2.05) is 42.7 Å². The second-order valence-electron chi connectivity index (χ2n) is 6.47. The van der Waals surface area contributed by atoms with Crippen molar-refractivity contribution in [1.82, 2.24) is 13.7 Å². The molecule has 0 aliphatic carbocycles. The first kappa shape index (κ1) is 17.2. The lowest BCUT2D eigenvalue weighted by Gasteiger charge is -2.18. The minimum atomic E-state index is -0.359. The molecule has 1 N–H and O–H groups in total. The minimum Gasteiger partial charge on any atom is -0.394 e. The average molecular weight is 341 g/mol. The molecule has 132 valence electrons. The Balaban J connectivity index is 2.53. The molecule has 1 aromatic carbocycles. The normalized spacial score (nSPS) is 12.7. The van der Waals surface area contributed by atoms with Gasteiger partial charge in [-0.3, -0.25) is 13.9 Å². The van der Waals surface area contributed by atoms with Crippen molar-refractivity contribution in [3.63, 3.8) is 0 Å². The topological polar surface area (TPSA) is 69.2 Å². The van der Waals surface area contributed by atoms with E-state index in [1.54, 1.807) is 13.2 Å². The standard InChI is InChI=1S/C19H23N3O3/c1-5-14(11-23)22-10-15-16(18(24)21(4)19(25)20(15)3)17(22)13-8-6-7-12(2)9-13/h6-10,14,23H,5,11H2,1-4H3/t14-/m0/s1. The second kappa shape index (κ2) is 6.37. The molecule has 25 heavy (non-hydrogen) atoms. The van der Waals surface area contributed by atoms with Crippen LogP contribution in [0.15, 0.2) is 40.1 Å². The average Bonchev–Trinajstić information content (AvgIpc) is 3.00. The summed E-state index contributed by atoms with van der Waals surface area (Å²) < 4.78 is 4.54. The summed E-state index contributed by atoms with van der Waals surface area (Å²) in [6.07, 6.45) is 2.52. The largest absolute Gasteiger partial charge is 0.394 e. The van der Waals surface area contributed by atoms with Gasteiger partial charge >= 0.3 is 5.69 Å². The molecule has 6 nitrogen and oxygen atoms in total. The Morgan fingerprint density at radius 2 is 1.88 bits per heavy atom. The van der Waals surface area contributed by atoms with Crippen LogP contribution in [0.25, 0.3) is 22.2 Å². The molecule has 0 bridgehead atoms. The Morgan fingerprint density at radius 1 is 1.16 bits per heavy atom. The molecule has 0 aliphatic rings. The minimum absolute atomic E-state index is 0.0371. The highest BCUT2D eigenvalue weighted by Gasteiger charge is 2.22. The quantitative estimate of drug-likeness (QED) is 0.789. The first-order valence-electron chi connectivity index (χ1n) is 8.39. The van der Waals surface area contributed by atoms with Crippen molar-refractivity contribution in [2.24, 2.45) is 14.1 Å². The van der Waals surface area contributed by atoms with E-state index in [2.05, 4.69) is 0 Å². The van der Waals surface area contributed by atoms with Crippen LogP contribution in [-0.2, 0) is 14.1 Å². The fourth-order valence-electron chi connectivity index (χ4n) is 3.35. The van der Waals surface area contributed by atoms with Gasteiger partial charge in [-0.1, -0.05) is 30.7 Å². The lowest BCUT2D eigenvalue weighted by Crippen LogP contribution is -2.36. The van der Waals surface area contributed by atoms with Gasteiger partial charge in [0.2, 0.25) is 0 Å². The van der Waals surface area contributed by atoms with E-state index in [1.165, 1.54) is 11.6 Å². The Hall–Kier alpha value is -2.60. The van der Waals surface area contributed by atoms with Gasteiger partial charge < -0.3 is 9.67 Å². The molecule has 1 atom stereocenters. The maximum atomic E-state index is 12.9. The highest BCUT2D eigenvalue weighted by atomic mass is 16.3. The Labute approximate surface area is 145 Å². The molecule has 2 heterocycles. The van der Waals surface area contributed by atoms with Crippen LogP contribution in [0.5, 0.6) is 0 Å². The zero-order valence-electron chi connectivity index (χ0n) is 15.0. The molecule has 0 aliphatic heterocycles. The second-order valence-corrected chi connectivity index (χ2v) is 6.47. The monoisotopic (exact) mass is 341 g/mol. The fourth-order valence-corrected chi connectivity index (χ4v) is 3.35. The zero-order chi connectivity index (χ0) is 18.3. The van der Waals surface area contributed by atoms with Crippen LogP contribution in [0.1, 0.15) is 24.9 Å². The van der Waals surface area contributed by atoms with Gasteiger partial charge in [0.1, 0.15) is 0 Å². The highest BCUT2D eigenvalue weighted by Crippen LogP contribution is 2.32. The first-order chi connectivity index (χ1) is 11.9. The van der Waals surface area contributed by atoms with Crippen LogP contribution < -0.4 is 11.2 Å². The van der Waals surface area contributed by atoms with Crippen molar-refractivity contribution in [3.8, 4) is 11.3 Å². The van der Waals surface area contributed by atoms with E-state index in [9.17, 15) is 14.7 Å². The summed E-state index contributed by atoms with van der Waals surface area (Å²) >= 11 is 0. The third kappa shape index (κ3) is 2.62. The molecule has 0 radical (unpaired) electrons. The molecular weight excluding hydrogens is 318 g/mol. The lowest BCUT2D eigenvalue weighted by molar-refractivity contribution is 0.226. The Kier molecular flexibility index (Phi) is 4.39. The number of aliphatic hydroxyl groups excluding tert-OH is 1. The van der Waals surface area contributed by atoms with Gasteiger partial charge in [-0.25, -0.2) is 4.79 Å². The Morgan fingerprint density at radius 3 is 2.48 bits per heavy atom. The third-order valence-corrected chi connectivity index (χ3v) is 4.83. The van der Waals surface area contributed by atoms with E-state index in [-0.39, 0.29) is 23.9 Å². The number of benzene rings is 1. The van der Waals surface area contributed by atoms with Crippen molar-refractivity contribution in [2.45, 2.75) is 26.3 Å². The van der Waals surface area contributed by atoms with E-state index >= 15 is 0 Å². The van der Waals surface area contributed by atoms with Gasteiger partial charge in [-0.15, -0.1) is 0 Å². The molecule has 3 rings (SSSR count). The van der Waals surface area contributed by atoms with Crippen LogP contribution in [0.2, 0.25) is 0 Å². The van der Waals surface area contributed by atoms with Crippen LogP contribution in [0.4, 0.5) is 0 Å². The highest BCUT2D eigenvalue weighted by molar-refractivity contribution is 5.93. The maximum Gasteiger partial charge on any atom is 0.330 e. The van der Waals surface area contributed by atoms with Crippen LogP contribution in [-0.4, -0.2) is 25.4 Å². The van der Waals surface area contributed by atoms with Crippen LogP contribution in [0, 0.1) is 6.92 Å². The van der Waals surface area contributed by atoms with Gasteiger partial charge in [-0.2, -0.15) is 0 Å². The number of aryl methyl sites for hydroxylation is 2. The van der Waals surface area contributed by atoms with Crippen molar-refractivity contribution >= 4 is 10.9 Å². The number of rotatable bonds is 4. The van der Waals surface area contributed by atoms with Gasteiger partial charge in [0.25, 0.3) is 5.56 Å². The molecule has 0 amide bonds. The lowest BCUT2D eigenvalue weighted by atomic mass is 10.1. The molecular formula is C19H23N3O3. The van der Waals surface area contributed by atoms with Crippen molar-refractivity contribution in [2.75, 3.05) is 6.61 Å². The molecule has 6 heteroatoms. The van der Waals surface area contributed by atoms with Gasteiger partial charge in [0, 0.05) is 20.3 Å². The molecule has 0 saturated carbocycles. The number of nitrogens with zero attached hydrogens (tertiary/aromatic N) is 3. The number of hydrogen-bond donors (Lipinski definition) is 1. The summed E-state index contributed by atoms with van der Waals surface area (Å²) in [4.78, 5) is 25.2. The summed E-state index contributed by atoms with van der Waals surface area (Å²) in [6, 6.07) is 7.74. The van der Waals surface area contributed by atoms with E-state index in [0.717, 1.165) is 21.4 Å². The van der Waals surface area contributed by atoms with Crippen molar-refractivity contribution in [1.29, 1.82) is 0 Å². The molecule has 3 aromatic rings. The summed E-state index contributed by atoms with van der Waals surface area (Å²) in [7, 11) is 3.15. The molecule has 0 unspecified atom stereocenters. The number of aliphatic hydroxyl groups is 1. The summed E-state index contributed by atoms with van der Waals surface area (Å²) in [5.74, 6) is 0. The third-order valence-electron chi connectivity index (χ3n) is 4.83. The smallest absolute Gasteiger partial charge is 0.330 e. The van der Waals surface area contributed by atoms with Crippen LogP contribution in [0.3, 0.4) is 0 Å². The SMILES string of the molecule is CC[C@@H](CO)n1cc2c(c1-c1cccc(C)c1)c(=O)n(C)c(=O)n2C. The number of fused-ring (bicyclic) bond motifs is 1. The van der Waals surface area contributed by atoms with Crippen molar-refractivity contribution < 1.29 is 5.11 Å². The Bertz CT molecular complexity index is 1050. The van der Waals surface area contributed by atoms with Crippen molar-refractivity contribution in [3.05, 3.63) is 56.9 Å². The molecule has 0 saturated heterocycles. The zero-order valence-corrected chi connectivity index (χ0v) is 15.0. The van der Waals surface area contributed by atoms with E-state index in [4.69, 9.17) is 0 Å². The first-order valence-corrected chi connectivity index (χ1v) is 8.39.